The number of carbonyl (C=O) groups is 3. The van der Waals surface area contributed by atoms with Crippen molar-refractivity contribution in [1.29, 1.82) is 0 Å². The number of imide groups is 1. The topological polar surface area (TPSA) is 118 Å². The van der Waals surface area contributed by atoms with Crippen molar-refractivity contribution in [1.82, 2.24) is 19.4 Å². The summed E-state index contributed by atoms with van der Waals surface area (Å²) in [4.78, 5) is 36.3. The average molecular weight is 573 g/mol. The van der Waals surface area contributed by atoms with Crippen LogP contribution in [0, 0.1) is 0 Å². The highest BCUT2D eigenvalue weighted by Gasteiger charge is 2.38. The number of nitrogens with zero attached hydrogens (tertiary/aromatic N) is 3. The van der Waals surface area contributed by atoms with Gasteiger partial charge in [-0.15, -0.1) is 0 Å². The lowest BCUT2D eigenvalue weighted by Gasteiger charge is -2.14. The van der Waals surface area contributed by atoms with Crippen LogP contribution < -0.4 is 4.72 Å². The number of benzene rings is 2. The van der Waals surface area contributed by atoms with Crippen LogP contribution in [0.25, 0.3) is 17.0 Å². The van der Waals surface area contributed by atoms with Crippen LogP contribution in [0.4, 0.5) is 18.0 Å². The van der Waals surface area contributed by atoms with E-state index < -0.39 is 44.7 Å². The third-order valence-electron chi connectivity index (χ3n) is 5.13. The van der Waals surface area contributed by atoms with Crippen LogP contribution in [-0.4, -0.2) is 46.0 Å². The maximum atomic E-state index is 13.4. The molecule has 0 aliphatic carbocycles. The van der Waals surface area contributed by atoms with Gasteiger partial charge in [-0.2, -0.15) is 18.3 Å². The molecule has 3 aromatic rings. The van der Waals surface area contributed by atoms with Gasteiger partial charge in [0.05, 0.1) is 28.7 Å². The maximum Gasteiger partial charge on any atom is 0.416 e. The Morgan fingerprint density at radius 3 is 2.59 bits per heavy atom. The van der Waals surface area contributed by atoms with Gasteiger partial charge in [0.15, 0.2) is 5.88 Å². The van der Waals surface area contributed by atoms with Crippen LogP contribution >= 0.6 is 23.4 Å². The molecule has 1 aliphatic rings. The summed E-state index contributed by atoms with van der Waals surface area (Å²) in [7, 11) is -4.24. The van der Waals surface area contributed by atoms with E-state index in [4.69, 9.17) is 11.6 Å². The molecule has 37 heavy (non-hydrogen) atoms. The summed E-state index contributed by atoms with van der Waals surface area (Å²) in [6.07, 6.45) is -1.77. The van der Waals surface area contributed by atoms with Gasteiger partial charge >= 0.3 is 6.18 Å². The number of hydrogen-bond donors (Lipinski definition) is 1. The van der Waals surface area contributed by atoms with Crippen LogP contribution in [0.3, 0.4) is 0 Å². The summed E-state index contributed by atoms with van der Waals surface area (Å²) < 4.78 is 67.3. The number of aromatic nitrogens is 2. The number of thioether (sulfide) groups is 1. The molecule has 0 bridgehead atoms. The SMILES string of the molecule is CC(=O)NS(=O)(=O)CN1C(=O)SC(=Cc2ccc3c(cnn3Cc3ccc(Cl)cc3C(F)(F)F)c2)C1=O. The van der Waals surface area contributed by atoms with E-state index in [-0.39, 0.29) is 22.0 Å². The maximum absolute atomic E-state index is 13.4. The van der Waals surface area contributed by atoms with Gasteiger partial charge in [-0.05, 0) is 53.2 Å². The highest BCUT2D eigenvalue weighted by molar-refractivity contribution is 8.18. The van der Waals surface area contributed by atoms with Crippen molar-refractivity contribution in [3.63, 3.8) is 0 Å². The third kappa shape index (κ3) is 5.97. The van der Waals surface area contributed by atoms with Crippen molar-refractivity contribution in [2.45, 2.75) is 19.6 Å². The molecule has 0 unspecified atom stereocenters. The fourth-order valence-electron chi connectivity index (χ4n) is 3.62. The molecule has 9 nitrogen and oxygen atoms in total. The highest BCUT2D eigenvalue weighted by Crippen LogP contribution is 2.35. The van der Waals surface area contributed by atoms with E-state index in [9.17, 15) is 36.0 Å². The van der Waals surface area contributed by atoms with E-state index in [1.165, 1.54) is 29.1 Å². The smallest absolute Gasteiger partial charge is 0.274 e. The monoisotopic (exact) mass is 572 g/mol. The zero-order valence-electron chi connectivity index (χ0n) is 18.7. The number of alkyl halides is 3. The Kier molecular flexibility index (Phi) is 7.10. The largest absolute Gasteiger partial charge is 0.416 e. The lowest BCUT2D eigenvalue weighted by molar-refractivity contribution is -0.138. The number of rotatable bonds is 6. The second kappa shape index (κ2) is 9.84. The van der Waals surface area contributed by atoms with Gasteiger partial charge in [0, 0.05) is 17.3 Å². The first kappa shape index (κ1) is 26.7. The fourth-order valence-corrected chi connectivity index (χ4v) is 5.79. The van der Waals surface area contributed by atoms with Crippen LogP contribution in [-0.2, 0) is 32.3 Å². The summed E-state index contributed by atoms with van der Waals surface area (Å²) in [5.74, 6) is -2.71. The van der Waals surface area contributed by atoms with E-state index in [1.807, 2.05) is 0 Å². The molecule has 2 aromatic carbocycles. The Hall–Kier alpha value is -3.36. The predicted octanol–water partition coefficient (Wildman–Crippen LogP) is 4.22. The molecule has 0 atom stereocenters. The van der Waals surface area contributed by atoms with Crippen LogP contribution in [0.5, 0.6) is 0 Å². The molecular weight excluding hydrogens is 557 g/mol. The molecule has 15 heteroatoms. The Balaban J connectivity index is 1.58. The molecule has 1 fully saturated rings. The summed E-state index contributed by atoms with van der Waals surface area (Å²) in [6, 6.07) is 8.31. The van der Waals surface area contributed by atoms with Crippen LogP contribution in [0.1, 0.15) is 23.6 Å². The average Bonchev–Trinajstić information content (AvgIpc) is 3.28. The standard InChI is InChI=1S/C22H16ClF3N4O5S2/c1-12(31)28-37(34,35)11-29-20(32)19(36-21(29)33)7-13-2-5-18-15(6-13)9-27-30(18)10-14-3-4-16(23)8-17(14)22(24,25)26/h2-9H,10-11H2,1H3,(H,28,31). The normalized spacial score (nSPS) is 15.7. The van der Waals surface area contributed by atoms with Gasteiger partial charge in [0.1, 0.15) is 0 Å². The van der Waals surface area contributed by atoms with Crippen molar-refractivity contribution in [3.05, 3.63) is 69.2 Å². The first-order valence-electron chi connectivity index (χ1n) is 10.3. The zero-order valence-corrected chi connectivity index (χ0v) is 21.1. The Labute approximate surface area is 217 Å². The van der Waals surface area contributed by atoms with Gasteiger partial charge in [-0.25, -0.2) is 8.42 Å². The Morgan fingerprint density at radius 2 is 1.92 bits per heavy atom. The molecule has 1 aromatic heterocycles. The second-order valence-corrected chi connectivity index (χ2v) is 11.1. The number of sulfonamides is 1. The number of amides is 3. The van der Waals surface area contributed by atoms with Crippen LogP contribution in [0.2, 0.25) is 5.02 Å². The molecule has 2 heterocycles. The van der Waals surface area contributed by atoms with Crippen molar-refractivity contribution in [3.8, 4) is 0 Å². The summed E-state index contributed by atoms with van der Waals surface area (Å²) in [5.41, 5.74) is 0.116. The Bertz CT molecular complexity index is 1580. The highest BCUT2D eigenvalue weighted by atomic mass is 35.5. The molecular formula is C22H16ClF3N4O5S2. The number of carbonyl (C=O) groups excluding carboxylic acids is 3. The van der Waals surface area contributed by atoms with Crippen molar-refractivity contribution in [2.24, 2.45) is 0 Å². The lowest BCUT2D eigenvalue weighted by atomic mass is 10.1. The molecule has 1 N–H and O–H groups in total. The minimum absolute atomic E-state index is 0.0196. The predicted molar refractivity (Wildman–Crippen MR) is 131 cm³/mol. The van der Waals surface area contributed by atoms with Crippen molar-refractivity contribution in [2.75, 3.05) is 5.88 Å². The van der Waals surface area contributed by atoms with E-state index >= 15 is 0 Å². The minimum Gasteiger partial charge on any atom is -0.274 e. The van der Waals surface area contributed by atoms with Gasteiger partial charge in [0.25, 0.3) is 21.2 Å². The van der Waals surface area contributed by atoms with Gasteiger partial charge in [-0.3, -0.25) is 28.7 Å². The van der Waals surface area contributed by atoms with Gasteiger partial charge in [0.2, 0.25) is 5.91 Å². The van der Waals surface area contributed by atoms with Crippen molar-refractivity contribution >= 4 is 67.4 Å². The number of hydrogen-bond acceptors (Lipinski definition) is 7. The fraction of sp³-hybridized carbons (Fsp3) is 0.182. The molecule has 4 rings (SSSR count). The van der Waals surface area contributed by atoms with E-state index in [2.05, 4.69) is 5.10 Å². The molecule has 3 amide bonds. The molecule has 0 radical (unpaired) electrons. The second-order valence-electron chi connectivity index (χ2n) is 7.93. The number of halogens is 4. The third-order valence-corrected chi connectivity index (χ3v) is 7.47. The number of nitrogens with one attached hydrogen (secondary N) is 1. The van der Waals surface area contributed by atoms with E-state index in [0.29, 0.717) is 33.1 Å². The molecule has 0 saturated carbocycles. The van der Waals surface area contributed by atoms with Gasteiger partial charge in [-0.1, -0.05) is 23.7 Å². The Morgan fingerprint density at radius 1 is 1.19 bits per heavy atom. The lowest BCUT2D eigenvalue weighted by Crippen LogP contribution is -2.40. The van der Waals surface area contributed by atoms with Gasteiger partial charge < -0.3 is 0 Å². The first-order valence-corrected chi connectivity index (χ1v) is 13.2. The van der Waals surface area contributed by atoms with Crippen LogP contribution in [0.15, 0.2) is 47.5 Å². The molecule has 0 spiro atoms. The minimum atomic E-state index is -4.60. The first-order chi connectivity index (χ1) is 17.2. The summed E-state index contributed by atoms with van der Waals surface area (Å²) >= 11 is 6.28. The molecule has 194 valence electrons. The summed E-state index contributed by atoms with van der Waals surface area (Å²) in [5, 5.41) is 3.88. The number of fused-ring (bicyclic) bond motifs is 1. The van der Waals surface area contributed by atoms with E-state index in [1.54, 1.807) is 22.9 Å². The quantitative estimate of drug-likeness (QED) is 0.439. The van der Waals surface area contributed by atoms with E-state index in [0.717, 1.165) is 13.0 Å². The molecule has 1 saturated heterocycles. The van der Waals surface area contributed by atoms with Crippen molar-refractivity contribution < 1.29 is 36.0 Å². The zero-order chi connectivity index (χ0) is 27.1. The summed E-state index contributed by atoms with van der Waals surface area (Å²) in [6.45, 7) is 0.810. The molecule has 1 aliphatic heterocycles.